The van der Waals surface area contributed by atoms with Crippen LogP contribution in [0.15, 0.2) is 6.07 Å². The highest BCUT2D eigenvalue weighted by atomic mass is 35.5. The lowest BCUT2D eigenvalue weighted by atomic mass is 10.1. The Labute approximate surface area is 113 Å². The number of rotatable bonds is 4. The van der Waals surface area contributed by atoms with Gasteiger partial charge in [-0.1, -0.05) is 0 Å². The third-order valence-corrected chi connectivity index (χ3v) is 2.30. The summed E-state index contributed by atoms with van der Waals surface area (Å²) >= 11 is 10.3. The maximum Gasteiger partial charge on any atom is 0.573 e. The van der Waals surface area contributed by atoms with E-state index in [0.29, 0.717) is 6.07 Å². The van der Waals surface area contributed by atoms with E-state index in [9.17, 15) is 26.7 Å². The van der Waals surface area contributed by atoms with Crippen molar-refractivity contribution in [3.63, 3.8) is 0 Å². The standard InChI is InChI=1S/C9H4Cl2F5NO2/c10-2-4-5(19-9(14,15)16)1-3(8(12)13)6(17-4)7(11)18/h1,8H,2H2. The number of hydrogen-bond donors (Lipinski definition) is 0. The first kappa shape index (κ1) is 15.9. The Morgan fingerprint density at radius 2 is 2.00 bits per heavy atom. The number of ether oxygens (including phenoxy) is 1. The van der Waals surface area contributed by atoms with E-state index >= 15 is 0 Å². The lowest BCUT2D eigenvalue weighted by molar-refractivity contribution is -0.275. The number of carbonyl (C=O) groups is 1. The predicted molar refractivity (Wildman–Crippen MR) is 55.6 cm³/mol. The van der Waals surface area contributed by atoms with Gasteiger partial charge in [-0.05, 0) is 17.7 Å². The average Bonchev–Trinajstić information content (AvgIpc) is 2.25. The number of halogens is 7. The molecule has 0 fully saturated rings. The molecule has 0 unspecified atom stereocenters. The zero-order valence-corrected chi connectivity index (χ0v) is 10.3. The molecule has 0 aliphatic heterocycles. The summed E-state index contributed by atoms with van der Waals surface area (Å²) in [6, 6.07) is 0.346. The Morgan fingerprint density at radius 1 is 1.42 bits per heavy atom. The van der Waals surface area contributed by atoms with Gasteiger partial charge < -0.3 is 4.74 Å². The molecule has 0 atom stereocenters. The van der Waals surface area contributed by atoms with Crippen LogP contribution in [0.25, 0.3) is 0 Å². The minimum absolute atomic E-state index is 0.346. The Kier molecular flexibility index (Phi) is 4.92. The smallest absolute Gasteiger partial charge is 0.404 e. The van der Waals surface area contributed by atoms with Crippen molar-refractivity contribution in [2.75, 3.05) is 0 Å². The van der Waals surface area contributed by atoms with Crippen LogP contribution in [-0.4, -0.2) is 16.6 Å². The highest BCUT2D eigenvalue weighted by Crippen LogP contribution is 2.32. The van der Waals surface area contributed by atoms with Gasteiger partial charge in [-0.25, -0.2) is 13.8 Å². The molecule has 106 valence electrons. The fourth-order valence-electron chi connectivity index (χ4n) is 1.18. The number of pyridine rings is 1. The molecule has 0 aliphatic carbocycles. The molecule has 0 radical (unpaired) electrons. The van der Waals surface area contributed by atoms with Crippen LogP contribution in [0.1, 0.15) is 28.2 Å². The van der Waals surface area contributed by atoms with Gasteiger partial charge in [0, 0.05) is 0 Å². The fourth-order valence-corrected chi connectivity index (χ4v) is 1.52. The van der Waals surface area contributed by atoms with Gasteiger partial charge in [0.05, 0.1) is 17.1 Å². The van der Waals surface area contributed by atoms with Crippen LogP contribution in [0.3, 0.4) is 0 Å². The summed E-state index contributed by atoms with van der Waals surface area (Å²) in [4.78, 5) is 14.2. The van der Waals surface area contributed by atoms with Crippen molar-refractivity contribution in [1.29, 1.82) is 0 Å². The lowest BCUT2D eigenvalue weighted by Gasteiger charge is -2.14. The van der Waals surface area contributed by atoms with E-state index in [0.717, 1.165) is 0 Å². The molecule has 0 aromatic carbocycles. The van der Waals surface area contributed by atoms with Crippen molar-refractivity contribution in [2.45, 2.75) is 18.7 Å². The second-order valence-electron chi connectivity index (χ2n) is 3.13. The van der Waals surface area contributed by atoms with Crippen molar-refractivity contribution in [3.05, 3.63) is 23.0 Å². The number of nitrogens with zero attached hydrogens (tertiary/aromatic N) is 1. The highest BCUT2D eigenvalue weighted by molar-refractivity contribution is 6.67. The third-order valence-electron chi connectivity index (χ3n) is 1.86. The van der Waals surface area contributed by atoms with Crippen LogP contribution < -0.4 is 4.74 Å². The summed E-state index contributed by atoms with van der Waals surface area (Å²) in [7, 11) is 0. The first-order chi connectivity index (χ1) is 8.65. The topological polar surface area (TPSA) is 39.2 Å². The number of carbonyl (C=O) groups excluding carboxylic acids is 1. The van der Waals surface area contributed by atoms with Gasteiger partial charge in [-0.15, -0.1) is 24.8 Å². The molecule has 0 amide bonds. The molecule has 0 aliphatic rings. The van der Waals surface area contributed by atoms with E-state index < -0.39 is 46.6 Å². The van der Waals surface area contributed by atoms with Gasteiger partial charge in [-0.3, -0.25) is 4.79 Å². The van der Waals surface area contributed by atoms with Crippen molar-refractivity contribution < 1.29 is 31.5 Å². The van der Waals surface area contributed by atoms with E-state index in [2.05, 4.69) is 9.72 Å². The molecule has 0 saturated carbocycles. The second kappa shape index (κ2) is 5.87. The van der Waals surface area contributed by atoms with Crippen LogP contribution in [0.4, 0.5) is 22.0 Å². The van der Waals surface area contributed by atoms with Crippen LogP contribution in [0.2, 0.25) is 0 Å². The molecule has 0 spiro atoms. The van der Waals surface area contributed by atoms with Crippen molar-refractivity contribution >= 4 is 28.4 Å². The second-order valence-corrected chi connectivity index (χ2v) is 3.74. The molecule has 0 saturated heterocycles. The van der Waals surface area contributed by atoms with Crippen LogP contribution in [0, 0.1) is 0 Å². The lowest BCUT2D eigenvalue weighted by Crippen LogP contribution is -2.19. The van der Waals surface area contributed by atoms with Gasteiger partial charge in [-0.2, -0.15) is 0 Å². The quantitative estimate of drug-likeness (QED) is 0.477. The summed E-state index contributed by atoms with van der Waals surface area (Å²) in [6.45, 7) is 0. The molecule has 0 bridgehead atoms. The number of hydrogen-bond acceptors (Lipinski definition) is 3. The molecular weight excluding hydrogens is 320 g/mol. The number of alkyl halides is 6. The van der Waals surface area contributed by atoms with E-state index in [4.69, 9.17) is 23.2 Å². The van der Waals surface area contributed by atoms with E-state index in [1.807, 2.05) is 0 Å². The summed E-state index contributed by atoms with van der Waals surface area (Å²) in [5, 5.41) is -1.33. The summed E-state index contributed by atoms with van der Waals surface area (Å²) < 4.78 is 65.0. The normalized spacial score (nSPS) is 11.8. The zero-order valence-electron chi connectivity index (χ0n) is 8.77. The first-order valence-corrected chi connectivity index (χ1v) is 5.40. The van der Waals surface area contributed by atoms with Crippen LogP contribution >= 0.6 is 23.2 Å². The van der Waals surface area contributed by atoms with Gasteiger partial charge in [0.25, 0.3) is 11.7 Å². The van der Waals surface area contributed by atoms with E-state index in [-0.39, 0.29) is 0 Å². The van der Waals surface area contributed by atoms with Gasteiger partial charge >= 0.3 is 6.36 Å². The van der Waals surface area contributed by atoms with Gasteiger partial charge in [0.2, 0.25) is 0 Å². The monoisotopic (exact) mass is 323 g/mol. The van der Waals surface area contributed by atoms with Crippen molar-refractivity contribution in [2.24, 2.45) is 0 Å². The van der Waals surface area contributed by atoms with Gasteiger partial charge in [0.1, 0.15) is 5.69 Å². The molecule has 1 heterocycles. The number of aromatic nitrogens is 1. The summed E-state index contributed by atoms with van der Waals surface area (Å²) in [5.41, 5.74) is -2.44. The molecule has 10 heteroatoms. The Morgan fingerprint density at radius 3 is 2.37 bits per heavy atom. The SMILES string of the molecule is O=C(Cl)c1nc(CCl)c(OC(F)(F)F)cc1C(F)F. The third kappa shape index (κ3) is 4.17. The Hall–Kier alpha value is -1.15. The minimum Gasteiger partial charge on any atom is -0.404 e. The molecule has 19 heavy (non-hydrogen) atoms. The Balaban J connectivity index is 3.39. The maximum absolute atomic E-state index is 12.6. The molecule has 1 aromatic rings. The van der Waals surface area contributed by atoms with E-state index in [1.54, 1.807) is 0 Å². The summed E-state index contributed by atoms with van der Waals surface area (Å²) in [6.07, 6.45) is -8.35. The fraction of sp³-hybridized carbons (Fsp3) is 0.333. The summed E-state index contributed by atoms with van der Waals surface area (Å²) in [5.74, 6) is -1.58. The molecule has 3 nitrogen and oxygen atoms in total. The zero-order chi connectivity index (χ0) is 14.8. The average molecular weight is 324 g/mol. The molecule has 1 rings (SSSR count). The Bertz CT molecular complexity index is 492. The molecule has 0 N–H and O–H groups in total. The maximum atomic E-state index is 12.6. The van der Waals surface area contributed by atoms with E-state index in [1.165, 1.54) is 0 Å². The highest BCUT2D eigenvalue weighted by Gasteiger charge is 2.34. The van der Waals surface area contributed by atoms with Crippen LogP contribution in [0.5, 0.6) is 5.75 Å². The van der Waals surface area contributed by atoms with Crippen molar-refractivity contribution in [1.82, 2.24) is 4.98 Å². The van der Waals surface area contributed by atoms with Gasteiger partial charge in [0.15, 0.2) is 5.75 Å². The largest absolute Gasteiger partial charge is 0.573 e. The van der Waals surface area contributed by atoms with Crippen molar-refractivity contribution in [3.8, 4) is 5.75 Å². The minimum atomic E-state index is -5.10. The molecule has 1 aromatic heterocycles. The first-order valence-electron chi connectivity index (χ1n) is 4.49. The molecular formula is C9H4Cl2F5NO2. The van der Waals surface area contributed by atoms with Crippen LogP contribution in [-0.2, 0) is 5.88 Å². The predicted octanol–water partition coefficient (Wildman–Crippen LogP) is 4.04.